The van der Waals surface area contributed by atoms with Gasteiger partial charge < -0.3 is 15.1 Å². The summed E-state index contributed by atoms with van der Waals surface area (Å²) >= 11 is 6.41. The van der Waals surface area contributed by atoms with Crippen molar-refractivity contribution in [1.29, 1.82) is 0 Å². The Morgan fingerprint density at radius 1 is 1.10 bits per heavy atom. The summed E-state index contributed by atoms with van der Waals surface area (Å²) in [6.45, 7) is 7.56. The normalized spacial score (nSPS) is 14.5. The van der Waals surface area contributed by atoms with Crippen LogP contribution in [-0.4, -0.2) is 68.3 Å². The number of aromatic nitrogens is 5. The van der Waals surface area contributed by atoms with Crippen molar-refractivity contribution in [2.45, 2.75) is 20.0 Å². The Morgan fingerprint density at radius 2 is 1.85 bits per heavy atom. The highest BCUT2D eigenvalue weighted by molar-refractivity contribution is 6.32. The number of halogens is 4. The molecule has 2 aromatic carbocycles. The quantitative estimate of drug-likeness (QED) is 0.348. The van der Waals surface area contributed by atoms with E-state index >= 15 is 0 Å². The van der Waals surface area contributed by atoms with Gasteiger partial charge in [0.25, 0.3) is 5.91 Å². The zero-order chi connectivity index (χ0) is 28.6. The number of likely N-dealkylation sites (N-methyl/N-ethyl adjacent to an activating group) is 1. The molecule has 1 N–H and O–H groups in total. The maximum atomic E-state index is 13.8. The third kappa shape index (κ3) is 5.68. The molecule has 1 amide bonds. The summed E-state index contributed by atoms with van der Waals surface area (Å²) in [5.74, 6) is -0.581. The Labute approximate surface area is 234 Å². The van der Waals surface area contributed by atoms with Crippen LogP contribution in [0.25, 0.3) is 16.9 Å². The van der Waals surface area contributed by atoms with E-state index in [1.165, 1.54) is 22.9 Å². The number of aryl methyl sites for hydroxylation is 1. The van der Waals surface area contributed by atoms with E-state index in [1.807, 2.05) is 18.9 Å². The van der Waals surface area contributed by atoms with E-state index in [2.05, 4.69) is 32.6 Å². The molecule has 40 heavy (non-hydrogen) atoms. The van der Waals surface area contributed by atoms with Crippen LogP contribution in [0.4, 0.5) is 24.5 Å². The molecule has 3 heterocycles. The molecule has 1 fully saturated rings. The van der Waals surface area contributed by atoms with Crippen molar-refractivity contribution in [1.82, 2.24) is 29.7 Å². The van der Waals surface area contributed by atoms with Crippen LogP contribution in [0.5, 0.6) is 0 Å². The largest absolute Gasteiger partial charge is 0.416 e. The SMILES string of the molecule is CCN1CCN(c2cc(NC(=O)c3ccc(Cl)c(-n4cc(-c5cnn(C)c5C)nn4)c3)cc(C(F)(F)F)c2)CC1. The van der Waals surface area contributed by atoms with Gasteiger partial charge in [-0.1, -0.05) is 23.7 Å². The van der Waals surface area contributed by atoms with E-state index in [-0.39, 0.29) is 11.3 Å². The summed E-state index contributed by atoms with van der Waals surface area (Å²) in [7, 11) is 1.82. The van der Waals surface area contributed by atoms with Gasteiger partial charge in [-0.2, -0.15) is 18.3 Å². The first-order valence-corrected chi connectivity index (χ1v) is 13.1. The van der Waals surface area contributed by atoms with E-state index in [0.29, 0.717) is 35.2 Å². The molecule has 4 aromatic rings. The Morgan fingerprint density at radius 3 is 2.50 bits per heavy atom. The number of carbonyl (C=O) groups is 1. The number of nitrogens with one attached hydrogen (secondary N) is 1. The monoisotopic (exact) mass is 572 g/mol. The highest BCUT2D eigenvalue weighted by Gasteiger charge is 2.32. The van der Waals surface area contributed by atoms with Crippen molar-refractivity contribution in [3.63, 3.8) is 0 Å². The molecule has 1 aliphatic rings. The maximum absolute atomic E-state index is 13.8. The van der Waals surface area contributed by atoms with Crippen LogP contribution in [0.3, 0.4) is 0 Å². The minimum absolute atomic E-state index is 0.0549. The number of alkyl halides is 3. The molecule has 0 unspecified atom stereocenters. The minimum Gasteiger partial charge on any atom is -0.369 e. The molecule has 210 valence electrons. The average Bonchev–Trinajstić information content (AvgIpc) is 3.54. The first kappa shape index (κ1) is 27.7. The van der Waals surface area contributed by atoms with Crippen LogP contribution in [0.1, 0.15) is 28.5 Å². The van der Waals surface area contributed by atoms with Gasteiger partial charge in [0.2, 0.25) is 0 Å². The predicted octanol–water partition coefficient (Wildman–Crippen LogP) is 5.04. The van der Waals surface area contributed by atoms with Crippen LogP contribution < -0.4 is 10.2 Å². The van der Waals surface area contributed by atoms with Crippen molar-refractivity contribution in [3.05, 3.63) is 70.6 Å². The van der Waals surface area contributed by atoms with Gasteiger partial charge in [-0.3, -0.25) is 9.48 Å². The van der Waals surface area contributed by atoms with Crippen molar-refractivity contribution in [3.8, 4) is 16.9 Å². The van der Waals surface area contributed by atoms with Crippen LogP contribution in [-0.2, 0) is 13.2 Å². The molecule has 1 aliphatic heterocycles. The molecule has 1 saturated heterocycles. The Hall–Kier alpha value is -3.90. The average molecular weight is 573 g/mol. The van der Waals surface area contributed by atoms with Crippen molar-refractivity contribution >= 4 is 28.9 Å². The Bertz CT molecular complexity index is 1540. The lowest BCUT2D eigenvalue weighted by Gasteiger charge is -2.36. The van der Waals surface area contributed by atoms with Gasteiger partial charge >= 0.3 is 6.18 Å². The summed E-state index contributed by atoms with van der Waals surface area (Å²) in [5, 5.41) is 15.5. The topological polar surface area (TPSA) is 84.1 Å². The maximum Gasteiger partial charge on any atom is 0.416 e. The van der Waals surface area contributed by atoms with Gasteiger partial charge in [0.05, 0.1) is 28.7 Å². The third-order valence-electron chi connectivity index (χ3n) is 7.15. The molecule has 0 spiro atoms. The molecule has 2 aromatic heterocycles. The number of benzene rings is 2. The first-order valence-electron chi connectivity index (χ1n) is 12.8. The molecule has 9 nitrogen and oxygen atoms in total. The lowest BCUT2D eigenvalue weighted by atomic mass is 10.1. The van der Waals surface area contributed by atoms with Crippen molar-refractivity contribution in [2.75, 3.05) is 42.9 Å². The summed E-state index contributed by atoms with van der Waals surface area (Å²) in [6.07, 6.45) is -1.21. The second kappa shape index (κ2) is 10.9. The van der Waals surface area contributed by atoms with E-state index in [0.717, 1.165) is 43.0 Å². The number of amides is 1. The van der Waals surface area contributed by atoms with E-state index in [4.69, 9.17) is 11.6 Å². The van der Waals surface area contributed by atoms with Crippen molar-refractivity contribution in [2.24, 2.45) is 7.05 Å². The Balaban J connectivity index is 1.41. The fraction of sp³-hybridized carbons (Fsp3) is 0.333. The fourth-order valence-corrected chi connectivity index (χ4v) is 4.84. The number of anilines is 2. The molecule has 0 radical (unpaired) electrons. The van der Waals surface area contributed by atoms with Gasteiger partial charge in [0.15, 0.2) is 0 Å². The summed E-state index contributed by atoms with van der Waals surface area (Å²) < 4.78 is 44.4. The molecular formula is C27H28ClF3N8O. The summed E-state index contributed by atoms with van der Waals surface area (Å²) in [5.41, 5.74) is 2.52. The van der Waals surface area contributed by atoms with Gasteiger partial charge in [-0.25, -0.2) is 4.68 Å². The summed E-state index contributed by atoms with van der Waals surface area (Å²) in [6, 6.07) is 8.20. The predicted molar refractivity (Wildman–Crippen MR) is 147 cm³/mol. The second-order valence-electron chi connectivity index (χ2n) is 9.62. The molecular weight excluding hydrogens is 545 g/mol. The van der Waals surface area contributed by atoms with Crippen molar-refractivity contribution < 1.29 is 18.0 Å². The second-order valence-corrected chi connectivity index (χ2v) is 10.0. The van der Waals surface area contributed by atoms with Crippen LogP contribution in [0, 0.1) is 6.92 Å². The fourth-order valence-electron chi connectivity index (χ4n) is 4.64. The van der Waals surface area contributed by atoms with Crippen LogP contribution in [0.15, 0.2) is 48.8 Å². The third-order valence-corrected chi connectivity index (χ3v) is 7.47. The Kier molecular flexibility index (Phi) is 7.56. The highest BCUT2D eigenvalue weighted by atomic mass is 35.5. The number of hydrogen-bond donors (Lipinski definition) is 1. The number of nitrogens with zero attached hydrogens (tertiary/aromatic N) is 7. The first-order chi connectivity index (χ1) is 19.0. The number of hydrogen-bond acceptors (Lipinski definition) is 6. The molecule has 0 bridgehead atoms. The van der Waals surface area contributed by atoms with E-state index in [9.17, 15) is 18.0 Å². The highest BCUT2D eigenvalue weighted by Crippen LogP contribution is 2.35. The molecule has 0 atom stereocenters. The zero-order valence-electron chi connectivity index (χ0n) is 22.2. The molecule has 0 saturated carbocycles. The van der Waals surface area contributed by atoms with Gasteiger partial charge in [0.1, 0.15) is 5.69 Å². The smallest absolute Gasteiger partial charge is 0.369 e. The van der Waals surface area contributed by atoms with Crippen LogP contribution >= 0.6 is 11.6 Å². The molecule has 13 heteroatoms. The lowest BCUT2D eigenvalue weighted by molar-refractivity contribution is -0.137. The van der Waals surface area contributed by atoms with E-state index < -0.39 is 17.6 Å². The minimum atomic E-state index is -4.56. The van der Waals surface area contributed by atoms with Gasteiger partial charge in [0, 0.05) is 61.4 Å². The molecule has 5 rings (SSSR count). The lowest BCUT2D eigenvalue weighted by Crippen LogP contribution is -2.46. The summed E-state index contributed by atoms with van der Waals surface area (Å²) in [4.78, 5) is 17.3. The standard InChI is InChI=1S/C27H28ClF3N8O/c1-4-37-7-9-38(10-8-37)21-13-19(27(29,30)31)12-20(14-21)33-26(40)18-5-6-23(28)25(11-18)39-16-24(34-35-39)22-15-32-36(3)17(22)2/h5-6,11-16H,4,7-10H2,1-3H3,(H,33,40). The van der Waals surface area contributed by atoms with Gasteiger partial charge in [-0.15, -0.1) is 5.10 Å². The van der Waals surface area contributed by atoms with Crippen LogP contribution in [0.2, 0.25) is 5.02 Å². The van der Waals surface area contributed by atoms with Gasteiger partial charge in [-0.05, 0) is 49.9 Å². The number of rotatable bonds is 6. The zero-order valence-corrected chi connectivity index (χ0v) is 23.0. The van der Waals surface area contributed by atoms with E-state index in [1.54, 1.807) is 23.1 Å². The number of carbonyl (C=O) groups excluding carboxylic acids is 1. The number of piperazine rings is 1. The molecule has 0 aliphatic carbocycles.